The average Bonchev–Trinajstić information content (AvgIpc) is 3.23. The van der Waals surface area contributed by atoms with E-state index in [9.17, 15) is 18.0 Å². The Morgan fingerprint density at radius 3 is 2.81 bits per heavy atom. The molecule has 0 aliphatic rings. The second-order valence-corrected chi connectivity index (χ2v) is 7.01. The third-order valence-corrected chi connectivity index (χ3v) is 4.97. The van der Waals surface area contributed by atoms with Crippen molar-refractivity contribution in [2.75, 3.05) is 16.8 Å². The van der Waals surface area contributed by atoms with Crippen LogP contribution in [-0.4, -0.2) is 27.0 Å². The van der Waals surface area contributed by atoms with E-state index in [0.717, 1.165) is 24.3 Å². The molecule has 0 aliphatic carbocycles. The molecule has 0 fully saturated rings. The Hall–Kier alpha value is -2.42. The number of aromatic nitrogens is 2. The Morgan fingerprint density at radius 2 is 2.15 bits per heavy atom. The highest BCUT2D eigenvalue weighted by molar-refractivity contribution is 7.99. The lowest BCUT2D eigenvalue weighted by Gasteiger charge is -2.09. The Labute approximate surface area is 157 Å². The Kier molecular flexibility index (Phi) is 5.79. The zero-order valence-electron chi connectivity index (χ0n) is 14.5. The van der Waals surface area contributed by atoms with E-state index < -0.39 is 11.7 Å². The highest BCUT2D eigenvalue weighted by Crippen LogP contribution is 2.32. The second-order valence-electron chi connectivity index (χ2n) is 5.90. The van der Waals surface area contributed by atoms with E-state index in [-0.39, 0.29) is 29.7 Å². The van der Waals surface area contributed by atoms with Gasteiger partial charge in [-0.2, -0.15) is 24.9 Å². The molecule has 0 unspecified atom stereocenters. The van der Waals surface area contributed by atoms with Gasteiger partial charge >= 0.3 is 6.18 Å². The summed E-state index contributed by atoms with van der Waals surface area (Å²) in [5, 5.41) is 2.70. The maximum atomic E-state index is 13.0. The third kappa shape index (κ3) is 4.65. The number of imidazole rings is 1. The molecule has 1 amide bonds. The predicted molar refractivity (Wildman–Crippen MR) is 98.8 cm³/mol. The zero-order valence-corrected chi connectivity index (χ0v) is 15.4. The number of furan rings is 1. The number of carbonyl (C=O) groups is 1. The first-order valence-electron chi connectivity index (χ1n) is 8.36. The van der Waals surface area contributed by atoms with Crippen molar-refractivity contribution in [2.45, 2.75) is 26.1 Å². The molecule has 0 radical (unpaired) electrons. The van der Waals surface area contributed by atoms with E-state index in [1.807, 2.05) is 6.92 Å². The van der Waals surface area contributed by atoms with Crippen molar-refractivity contribution >= 4 is 34.7 Å². The highest BCUT2D eigenvalue weighted by Gasteiger charge is 2.31. The number of thioether (sulfide) groups is 1. The van der Waals surface area contributed by atoms with Crippen molar-refractivity contribution < 1.29 is 22.4 Å². The number of carbonyl (C=O) groups excluding carboxylic acids is 1. The molecular formula is C18H18F3N3O2S. The molecule has 2 heterocycles. The van der Waals surface area contributed by atoms with E-state index in [0.29, 0.717) is 11.3 Å². The van der Waals surface area contributed by atoms with Crippen LogP contribution in [0.1, 0.15) is 24.7 Å². The SMILES string of the molecule is CCCSCC(=O)Nc1nc2cc(C(F)(F)F)ccc2n1Cc1ccco1. The van der Waals surface area contributed by atoms with Crippen LogP contribution in [0.3, 0.4) is 0 Å². The summed E-state index contributed by atoms with van der Waals surface area (Å²) >= 11 is 1.49. The molecule has 0 bridgehead atoms. The van der Waals surface area contributed by atoms with Gasteiger partial charge in [0.1, 0.15) is 5.76 Å². The maximum Gasteiger partial charge on any atom is 0.416 e. The number of fused-ring (bicyclic) bond motifs is 1. The number of hydrogen-bond donors (Lipinski definition) is 1. The van der Waals surface area contributed by atoms with Gasteiger partial charge in [0.15, 0.2) is 0 Å². The molecule has 1 N–H and O–H groups in total. The van der Waals surface area contributed by atoms with Gasteiger partial charge < -0.3 is 8.98 Å². The monoisotopic (exact) mass is 397 g/mol. The molecule has 3 aromatic rings. The fraction of sp³-hybridized carbons (Fsp3) is 0.333. The van der Waals surface area contributed by atoms with Gasteiger partial charge in [0, 0.05) is 0 Å². The van der Waals surface area contributed by atoms with E-state index in [2.05, 4.69) is 10.3 Å². The summed E-state index contributed by atoms with van der Waals surface area (Å²) < 4.78 is 45.9. The van der Waals surface area contributed by atoms with Crippen LogP contribution in [0.2, 0.25) is 0 Å². The van der Waals surface area contributed by atoms with Crippen LogP contribution in [-0.2, 0) is 17.5 Å². The number of benzene rings is 1. The van der Waals surface area contributed by atoms with Gasteiger partial charge in [-0.15, -0.1) is 0 Å². The molecular weight excluding hydrogens is 379 g/mol. The van der Waals surface area contributed by atoms with Gasteiger partial charge in [-0.05, 0) is 42.5 Å². The number of nitrogens with one attached hydrogen (secondary N) is 1. The smallest absolute Gasteiger partial charge is 0.416 e. The number of anilines is 1. The van der Waals surface area contributed by atoms with Gasteiger partial charge in [-0.3, -0.25) is 10.1 Å². The number of alkyl halides is 3. The molecule has 2 aromatic heterocycles. The van der Waals surface area contributed by atoms with E-state index in [1.54, 1.807) is 16.7 Å². The van der Waals surface area contributed by atoms with Crippen molar-refractivity contribution in [1.29, 1.82) is 0 Å². The molecule has 0 spiro atoms. The van der Waals surface area contributed by atoms with Crippen LogP contribution >= 0.6 is 11.8 Å². The maximum absolute atomic E-state index is 13.0. The fourth-order valence-electron chi connectivity index (χ4n) is 2.59. The molecule has 144 valence electrons. The van der Waals surface area contributed by atoms with Crippen molar-refractivity contribution in [3.63, 3.8) is 0 Å². The van der Waals surface area contributed by atoms with Crippen LogP contribution in [0, 0.1) is 0 Å². The van der Waals surface area contributed by atoms with Crippen LogP contribution < -0.4 is 5.32 Å². The molecule has 0 saturated carbocycles. The van der Waals surface area contributed by atoms with Crippen LogP contribution in [0.15, 0.2) is 41.0 Å². The summed E-state index contributed by atoms with van der Waals surface area (Å²) in [5.74, 6) is 1.66. The van der Waals surface area contributed by atoms with Gasteiger partial charge in [0.25, 0.3) is 0 Å². The predicted octanol–water partition coefficient (Wildman–Crippen LogP) is 4.78. The first kappa shape index (κ1) is 19.3. The fourth-order valence-corrected chi connectivity index (χ4v) is 3.28. The topological polar surface area (TPSA) is 60.1 Å². The van der Waals surface area contributed by atoms with Gasteiger partial charge in [-0.25, -0.2) is 4.98 Å². The minimum atomic E-state index is -4.46. The van der Waals surface area contributed by atoms with Crippen molar-refractivity contribution in [1.82, 2.24) is 9.55 Å². The third-order valence-electron chi connectivity index (χ3n) is 3.80. The molecule has 9 heteroatoms. The molecule has 27 heavy (non-hydrogen) atoms. The van der Waals surface area contributed by atoms with Crippen LogP contribution in [0.4, 0.5) is 19.1 Å². The summed E-state index contributed by atoms with van der Waals surface area (Å²) in [5.41, 5.74) is -0.141. The summed E-state index contributed by atoms with van der Waals surface area (Å²) in [6, 6.07) is 6.81. The Balaban J connectivity index is 1.95. The molecule has 1 aromatic carbocycles. The molecule has 0 atom stereocenters. The first-order valence-corrected chi connectivity index (χ1v) is 9.51. The Bertz CT molecular complexity index is 920. The summed E-state index contributed by atoms with van der Waals surface area (Å²) in [6.45, 7) is 2.26. The Morgan fingerprint density at radius 1 is 1.33 bits per heavy atom. The molecule has 0 aliphatic heterocycles. The summed E-state index contributed by atoms with van der Waals surface area (Å²) in [7, 11) is 0. The number of amides is 1. The second kappa shape index (κ2) is 8.08. The number of nitrogens with zero attached hydrogens (tertiary/aromatic N) is 2. The summed E-state index contributed by atoms with van der Waals surface area (Å²) in [4.78, 5) is 16.4. The lowest BCUT2D eigenvalue weighted by Crippen LogP contribution is -2.18. The van der Waals surface area contributed by atoms with Crippen molar-refractivity contribution in [3.05, 3.63) is 47.9 Å². The normalized spacial score (nSPS) is 11.9. The van der Waals surface area contributed by atoms with E-state index in [4.69, 9.17) is 4.42 Å². The van der Waals surface area contributed by atoms with E-state index >= 15 is 0 Å². The lowest BCUT2D eigenvalue weighted by molar-refractivity contribution is -0.137. The van der Waals surface area contributed by atoms with Gasteiger partial charge in [0.05, 0.1) is 35.2 Å². The highest BCUT2D eigenvalue weighted by atomic mass is 32.2. The molecule has 0 saturated heterocycles. The van der Waals surface area contributed by atoms with Crippen LogP contribution in [0.25, 0.3) is 11.0 Å². The quantitative estimate of drug-likeness (QED) is 0.583. The molecule has 5 nitrogen and oxygen atoms in total. The van der Waals surface area contributed by atoms with Gasteiger partial charge in [-0.1, -0.05) is 6.92 Å². The summed E-state index contributed by atoms with van der Waals surface area (Å²) in [6.07, 6.45) is -2.00. The molecule has 3 rings (SSSR count). The number of rotatable bonds is 7. The number of hydrogen-bond acceptors (Lipinski definition) is 4. The van der Waals surface area contributed by atoms with Crippen molar-refractivity contribution in [2.24, 2.45) is 0 Å². The number of halogens is 3. The van der Waals surface area contributed by atoms with Crippen LogP contribution in [0.5, 0.6) is 0 Å². The minimum Gasteiger partial charge on any atom is -0.467 e. The van der Waals surface area contributed by atoms with E-state index in [1.165, 1.54) is 24.1 Å². The minimum absolute atomic E-state index is 0.160. The zero-order chi connectivity index (χ0) is 19.4. The lowest BCUT2D eigenvalue weighted by atomic mass is 10.2. The van der Waals surface area contributed by atoms with Gasteiger partial charge in [0.2, 0.25) is 11.9 Å². The standard InChI is InChI=1S/C18H18F3N3O2S/c1-2-8-27-11-16(25)23-17-22-14-9-12(18(19,20)21)5-6-15(14)24(17)10-13-4-3-7-26-13/h3-7,9H,2,8,10-11H2,1H3,(H,22,23,25). The van der Waals surface area contributed by atoms with Crippen molar-refractivity contribution in [3.8, 4) is 0 Å². The largest absolute Gasteiger partial charge is 0.467 e. The first-order chi connectivity index (χ1) is 12.9. The average molecular weight is 397 g/mol.